The maximum absolute atomic E-state index is 6.03. The summed E-state index contributed by atoms with van der Waals surface area (Å²) in [4.78, 5) is 4.35. The third-order valence-corrected chi connectivity index (χ3v) is 2.65. The van der Waals surface area contributed by atoms with Gasteiger partial charge in [0.2, 0.25) is 0 Å². The van der Waals surface area contributed by atoms with Crippen LogP contribution in [-0.4, -0.2) is 14.6 Å². The predicted octanol–water partition coefficient (Wildman–Crippen LogP) is 2.07. The maximum atomic E-state index is 6.03. The number of hydrogen-bond donors (Lipinski definition) is 1. The first-order valence-corrected chi connectivity index (χ1v) is 5.73. The Balaban J connectivity index is 2.50. The molecule has 0 fully saturated rings. The molecule has 16 heavy (non-hydrogen) atoms. The highest BCUT2D eigenvalue weighted by Gasteiger charge is 2.12. The van der Waals surface area contributed by atoms with Gasteiger partial charge in [-0.1, -0.05) is 20.8 Å². The third kappa shape index (κ3) is 1.87. The quantitative estimate of drug-likeness (QED) is 0.858. The molecule has 0 aliphatic carbocycles. The van der Waals surface area contributed by atoms with Gasteiger partial charge in [-0.05, 0) is 24.3 Å². The van der Waals surface area contributed by atoms with Crippen molar-refractivity contribution in [2.75, 3.05) is 5.73 Å². The smallest absolute Gasteiger partial charge is 0.178 e. The molecule has 0 aromatic carbocycles. The molecule has 4 nitrogen and oxygen atoms in total. The molecule has 0 bridgehead atoms. The molecule has 4 heteroatoms. The zero-order valence-electron chi connectivity index (χ0n) is 10.1. The molecular formula is C12H18N4. The first kappa shape index (κ1) is 10.9. The fraction of sp³-hybridized carbons (Fsp3) is 0.500. The molecule has 0 atom stereocenters. The molecule has 2 aromatic heterocycles. The van der Waals surface area contributed by atoms with Gasteiger partial charge in [-0.25, -0.2) is 9.50 Å². The topological polar surface area (TPSA) is 56.2 Å². The van der Waals surface area contributed by atoms with Crippen molar-refractivity contribution in [3.05, 3.63) is 23.7 Å². The molecule has 0 spiro atoms. The Bertz CT molecular complexity index is 499. The van der Waals surface area contributed by atoms with E-state index in [9.17, 15) is 0 Å². The van der Waals surface area contributed by atoms with Crippen molar-refractivity contribution in [3.8, 4) is 0 Å². The molecule has 0 amide bonds. The second-order valence-electron chi connectivity index (χ2n) is 4.54. The molecule has 2 heterocycles. The van der Waals surface area contributed by atoms with Crippen LogP contribution in [0.4, 0.5) is 5.69 Å². The van der Waals surface area contributed by atoms with Crippen LogP contribution in [-0.2, 0) is 12.8 Å². The molecule has 86 valence electrons. The second kappa shape index (κ2) is 4.12. The molecule has 2 aromatic rings. The predicted molar refractivity (Wildman–Crippen MR) is 65.3 cm³/mol. The average Bonchev–Trinajstić information content (AvgIpc) is 2.54. The Morgan fingerprint density at radius 3 is 2.81 bits per heavy atom. The number of nitrogens with zero attached hydrogens (tertiary/aromatic N) is 3. The minimum absolute atomic E-state index is 0.554. The highest BCUT2D eigenvalue weighted by Crippen LogP contribution is 2.19. The largest absolute Gasteiger partial charge is 0.394 e. The van der Waals surface area contributed by atoms with Gasteiger partial charge in [0, 0.05) is 12.4 Å². The highest BCUT2D eigenvalue weighted by molar-refractivity contribution is 5.67. The molecule has 0 radical (unpaired) electrons. The van der Waals surface area contributed by atoms with Crippen molar-refractivity contribution in [2.24, 2.45) is 5.92 Å². The van der Waals surface area contributed by atoms with Crippen LogP contribution in [0.5, 0.6) is 0 Å². The normalized spacial score (nSPS) is 11.5. The minimum Gasteiger partial charge on any atom is -0.394 e. The number of nitrogen functional groups attached to an aromatic ring is 1. The van der Waals surface area contributed by atoms with Crippen LogP contribution < -0.4 is 5.73 Å². The number of anilines is 1. The van der Waals surface area contributed by atoms with E-state index in [0.29, 0.717) is 5.92 Å². The highest BCUT2D eigenvalue weighted by atomic mass is 15.3. The second-order valence-corrected chi connectivity index (χ2v) is 4.54. The molecule has 0 unspecified atom stereocenters. The van der Waals surface area contributed by atoms with E-state index >= 15 is 0 Å². The van der Waals surface area contributed by atoms with Crippen molar-refractivity contribution in [3.63, 3.8) is 0 Å². The van der Waals surface area contributed by atoms with E-state index in [1.54, 1.807) is 4.52 Å². The monoisotopic (exact) mass is 218 g/mol. The molecule has 0 aliphatic heterocycles. The molecule has 2 rings (SSSR count). The van der Waals surface area contributed by atoms with Gasteiger partial charge in [-0.3, -0.25) is 0 Å². The Labute approximate surface area is 95.5 Å². The van der Waals surface area contributed by atoms with Crippen molar-refractivity contribution in [1.29, 1.82) is 0 Å². The lowest BCUT2D eigenvalue weighted by Gasteiger charge is -2.00. The fourth-order valence-corrected chi connectivity index (χ4v) is 1.76. The Morgan fingerprint density at radius 2 is 2.19 bits per heavy atom. The lowest BCUT2D eigenvalue weighted by Crippen LogP contribution is -1.98. The summed E-state index contributed by atoms with van der Waals surface area (Å²) >= 11 is 0. The van der Waals surface area contributed by atoms with Crippen LogP contribution in [0.1, 0.15) is 32.0 Å². The van der Waals surface area contributed by atoms with Crippen LogP contribution in [0.2, 0.25) is 0 Å². The first-order valence-electron chi connectivity index (χ1n) is 5.73. The van der Waals surface area contributed by atoms with Gasteiger partial charge in [0.25, 0.3) is 0 Å². The molecule has 0 saturated carbocycles. The van der Waals surface area contributed by atoms with E-state index in [-0.39, 0.29) is 0 Å². The van der Waals surface area contributed by atoms with Gasteiger partial charge >= 0.3 is 0 Å². The van der Waals surface area contributed by atoms with Gasteiger partial charge in [-0.15, -0.1) is 0 Å². The van der Waals surface area contributed by atoms with Crippen LogP contribution in [0.3, 0.4) is 0 Å². The first-order chi connectivity index (χ1) is 7.61. The summed E-state index contributed by atoms with van der Waals surface area (Å²) in [5.74, 6) is 0.554. The summed E-state index contributed by atoms with van der Waals surface area (Å²) in [5, 5.41) is 4.49. The molecule has 0 saturated heterocycles. The number of hydrogen-bond acceptors (Lipinski definition) is 3. The van der Waals surface area contributed by atoms with Gasteiger partial charge in [-0.2, -0.15) is 5.10 Å². The number of nitrogens with two attached hydrogens (primary N) is 1. The van der Waals surface area contributed by atoms with Crippen molar-refractivity contribution in [2.45, 2.75) is 33.6 Å². The Morgan fingerprint density at radius 1 is 1.44 bits per heavy atom. The molecular weight excluding hydrogens is 200 g/mol. The number of fused-ring (bicyclic) bond motifs is 1. The van der Waals surface area contributed by atoms with Crippen molar-refractivity contribution in [1.82, 2.24) is 14.6 Å². The zero-order chi connectivity index (χ0) is 11.7. The van der Waals surface area contributed by atoms with Crippen LogP contribution in [0.25, 0.3) is 5.65 Å². The van der Waals surface area contributed by atoms with Gasteiger partial charge in [0.1, 0.15) is 5.69 Å². The zero-order valence-corrected chi connectivity index (χ0v) is 10.1. The Kier molecular flexibility index (Phi) is 2.81. The van der Waals surface area contributed by atoms with E-state index in [4.69, 9.17) is 5.73 Å². The van der Waals surface area contributed by atoms with E-state index in [2.05, 4.69) is 30.9 Å². The number of aryl methyl sites for hydroxylation is 1. The molecule has 0 aliphatic rings. The average molecular weight is 218 g/mol. The summed E-state index contributed by atoms with van der Waals surface area (Å²) in [6, 6.07) is 0. The summed E-state index contributed by atoms with van der Waals surface area (Å²) in [5.41, 5.74) is 9.65. The third-order valence-electron chi connectivity index (χ3n) is 2.65. The van der Waals surface area contributed by atoms with Crippen LogP contribution >= 0.6 is 0 Å². The number of rotatable bonds is 3. The van der Waals surface area contributed by atoms with Gasteiger partial charge in [0.05, 0.1) is 5.69 Å². The van der Waals surface area contributed by atoms with E-state index in [1.807, 2.05) is 12.4 Å². The van der Waals surface area contributed by atoms with Crippen molar-refractivity contribution < 1.29 is 0 Å². The van der Waals surface area contributed by atoms with E-state index in [1.165, 1.54) is 5.56 Å². The SMILES string of the molecule is CCc1cnc2c(N)c(CC(C)C)nn2c1. The molecule has 2 N–H and O–H groups in total. The number of aromatic nitrogens is 3. The summed E-state index contributed by atoms with van der Waals surface area (Å²) in [6.07, 6.45) is 5.73. The van der Waals surface area contributed by atoms with Gasteiger partial charge in [0.15, 0.2) is 5.65 Å². The van der Waals surface area contributed by atoms with Crippen LogP contribution in [0, 0.1) is 5.92 Å². The lowest BCUT2D eigenvalue weighted by atomic mass is 10.1. The van der Waals surface area contributed by atoms with Crippen molar-refractivity contribution >= 4 is 11.3 Å². The minimum atomic E-state index is 0.554. The Hall–Kier alpha value is -1.58. The summed E-state index contributed by atoms with van der Waals surface area (Å²) in [6.45, 7) is 6.42. The maximum Gasteiger partial charge on any atom is 0.178 e. The standard InChI is InChI=1S/C12H18N4/c1-4-9-6-14-12-11(13)10(5-8(2)3)15-16(12)7-9/h6-8H,4-5,13H2,1-3H3. The fourth-order valence-electron chi connectivity index (χ4n) is 1.76. The summed E-state index contributed by atoms with van der Waals surface area (Å²) in [7, 11) is 0. The van der Waals surface area contributed by atoms with E-state index in [0.717, 1.165) is 29.9 Å². The van der Waals surface area contributed by atoms with Gasteiger partial charge < -0.3 is 5.73 Å². The van der Waals surface area contributed by atoms with Crippen LogP contribution in [0.15, 0.2) is 12.4 Å². The lowest BCUT2D eigenvalue weighted by molar-refractivity contribution is 0.631. The van der Waals surface area contributed by atoms with E-state index < -0.39 is 0 Å². The summed E-state index contributed by atoms with van der Waals surface area (Å²) < 4.78 is 1.80.